The Kier molecular flexibility index (Phi) is 4.73. The van der Waals surface area contributed by atoms with Crippen LogP contribution in [0.4, 0.5) is 0 Å². The molecule has 84 valence electrons. The van der Waals surface area contributed by atoms with E-state index in [-0.39, 0.29) is 0 Å². The van der Waals surface area contributed by atoms with Gasteiger partial charge < -0.3 is 15.5 Å². The highest BCUT2D eigenvalue weighted by Crippen LogP contribution is 2.26. The number of aryl methyl sites for hydroxylation is 1. The van der Waals surface area contributed by atoms with Gasteiger partial charge in [-0.1, -0.05) is 28.1 Å². The number of hydrogen-bond acceptors (Lipinski definition) is 3. The van der Waals surface area contributed by atoms with E-state index in [4.69, 9.17) is 0 Å². The van der Waals surface area contributed by atoms with Crippen molar-refractivity contribution in [2.45, 2.75) is 19.1 Å². The molecular weight excluding hydrogens is 258 g/mol. The molecule has 0 aliphatic rings. The zero-order valence-electron chi connectivity index (χ0n) is 8.87. The minimum atomic E-state index is -0.868. The lowest BCUT2D eigenvalue weighted by molar-refractivity contribution is 0.0198. The summed E-state index contributed by atoms with van der Waals surface area (Å²) in [6.45, 7) is 2.34. The second-order valence-corrected chi connectivity index (χ2v) is 4.45. The number of nitrogens with one attached hydrogen (secondary N) is 1. The van der Waals surface area contributed by atoms with Crippen molar-refractivity contribution in [1.29, 1.82) is 0 Å². The highest BCUT2D eigenvalue weighted by atomic mass is 79.9. The van der Waals surface area contributed by atoms with Crippen molar-refractivity contribution in [3.63, 3.8) is 0 Å². The average Bonchev–Trinajstić information content (AvgIpc) is 2.17. The van der Waals surface area contributed by atoms with Gasteiger partial charge in [0.2, 0.25) is 0 Å². The molecule has 0 bridgehead atoms. The maximum Gasteiger partial charge on any atom is 0.107 e. The van der Waals surface area contributed by atoms with E-state index in [1.807, 2.05) is 25.1 Å². The van der Waals surface area contributed by atoms with Crippen molar-refractivity contribution >= 4 is 15.9 Å². The molecule has 2 unspecified atom stereocenters. The Labute approximate surface area is 98.3 Å². The topological polar surface area (TPSA) is 52.5 Å². The van der Waals surface area contributed by atoms with Gasteiger partial charge in [-0.05, 0) is 31.2 Å². The van der Waals surface area contributed by atoms with Crippen LogP contribution < -0.4 is 5.32 Å². The third kappa shape index (κ3) is 3.28. The van der Waals surface area contributed by atoms with Crippen molar-refractivity contribution in [1.82, 2.24) is 5.32 Å². The molecule has 2 atom stereocenters. The Morgan fingerprint density at radius 1 is 1.40 bits per heavy atom. The molecule has 0 amide bonds. The molecule has 0 radical (unpaired) electrons. The molecule has 0 heterocycles. The first kappa shape index (κ1) is 12.6. The zero-order valence-corrected chi connectivity index (χ0v) is 10.5. The normalized spacial score (nSPS) is 15.0. The van der Waals surface area contributed by atoms with E-state index in [9.17, 15) is 10.2 Å². The number of aliphatic hydroxyl groups is 2. The molecular formula is C11H16BrNO2. The highest BCUT2D eigenvalue weighted by Gasteiger charge is 2.19. The lowest BCUT2D eigenvalue weighted by Gasteiger charge is -2.19. The fraction of sp³-hybridized carbons (Fsp3) is 0.455. The summed E-state index contributed by atoms with van der Waals surface area (Å²) in [4.78, 5) is 0. The Morgan fingerprint density at radius 3 is 2.60 bits per heavy atom. The molecule has 0 saturated heterocycles. The number of benzene rings is 1. The van der Waals surface area contributed by atoms with Crippen LogP contribution in [0.25, 0.3) is 0 Å². The summed E-state index contributed by atoms with van der Waals surface area (Å²) in [5.74, 6) is 0. The Hall–Kier alpha value is -0.420. The molecule has 1 rings (SSSR count). The summed E-state index contributed by atoms with van der Waals surface area (Å²) in [6, 6.07) is 5.66. The first-order valence-electron chi connectivity index (χ1n) is 4.83. The SMILES string of the molecule is CNCC(O)C(O)c1ccc(C)cc1Br. The second-order valence-electron chi connectivity index (χ2n) is 3.59. The predicted molar refractivity (Wildman–Crippen MR) is 63.8 cm³/mol. The summed E-state index contributed by atoms with van der Waals surface area (Å²) in [5, 5.41) is 22.3. The van der Waals surface area contributed by atoms with Crippen molar-refractivity contribution in [2.75, 3.05) is 13.6 Å². The molecule has 0 spiro atoms. The van der Waals surface area contributed by atoms with E-state index in [1.54, 1.807) is 7.05 Å². The summed E-state index contributed by atoms with van der Waals surface area (Å²) in [5.41, 5.74) is 1.82. The fourth-order valence-corrected chi connectivity index (χ4v) is 2.13. The highest BCUT2D eigenvalue weighted by molar-refractivity contribution is 9.10. The maximum atomic E-state index is 9.87. The van der Waals surface area contributed by atoms with Crippen LogP contribution >= 0.6 is 15.9 Å². The van der Waals surface area contributed by atoms with Gasteiger partial charge in [0.1, 0.15) is 6.10 Å². The molecule has 1 aromatic rings. The molecule has 0 aliphatic carbocycles. The summed E-state index contributed by atoms with van der Waals surface area (Å²) >= 11 is 3.38. The summed E-state index contributed by atoms with van der Waals surface area (Å²) < 4.78 is 0.824. The van der Waals surface area contributed by atoms with E-state index >= 15 is 0 Å². The molecule has 4 heteroatoms. The zero-order chi connectivity index (χ0) is 11.4. The molecule has 3 N–H and O–H groups in total. The second kappa shape index (κ2) is 5.61. The average molecular weight is 274 g/mol. The molecule has 0 aromatic heterocycles. The van der Waals surface area contributed by atoms with Gasteiger partial charge in [-0.25, -0.2) is 0 Å². The van der Waals surface area contributed by atoms with Gasteiger partial charge in [0.15, 0.2) is 0 Å². The van der Waals surface area contributed by atoms with Crippen molar-refractivity contribution < 1.29 is 10.2 Å². The number of halogens is 1. The summed E-state index contributed by atoms with van der Waals surface area (Å²) in [6.07, 6.45) is -1.67. The van der Waals surface area contributed by atoms with E-state index in [0.717, 1.165) is 10.0 Å². The molecule has 15 heavy (non-hydrogen) atoms. The van der Waals surface area contributed by atoms with Crippen LogP contribution in [0.2, 0.25) is 0 Å². The van der Waals surface area contributed by atoms with Crippen LogP contribution in [0, 0.1) is 6.92 Å². The van der Waals surface area contributed by atoms with Crippen LogP contribution in [0.15, 0.2) is 22.7 Å². The van der Waals surface area contributed by atoms with Gasteiger partial charge in [0.05, 0.1) is 6.10 Å². The van der Waals surface area contributed by atoms with E-state index < -0.39 is 12.2 Å². The minimum absolute atomic E-state index is 0.363. The Morgan fingerprint density at radius 2 is 2.07 bits per heavy atom. The fourth-order valence-electron chi connectivity index (χ4n) is 1.40. The number of likely N-dealkylation sites (N-methyl/N-ethyl adjacent to an activating group) is 1. The van der Waals surface area contributed by atoms with Gasteiger partial charge >= 0.3 is 0 Å². The van der Waals surface area contributed by atoms with Crippen LogP contribution in [0.1, 0.15) is 17.2 Å². The Balaban J connectivity index is 2.86. The van der Waals surface area contributed by atoms with Crippen molar-refractivity contribution in [3.05, 3.63) is 33.8 Å². The van der Waals surface area contributed by atoms with Gasteiger partial charge in [0.25, 0.3) is 0 Å². The van der Waals surface area contributed by atoms with Gasteiger partial charge in [0, 0.05) is 11.0 Å². The van der Waals surface area contributed by atoms with Crippen LogP contribution in [0.3, 0.4) is 0 Å². The van der Waals surface area contributed by atoms with Gasteiger partial charge in [-0.15, -0.1) is 0 Å². The minimum Gasteiger partial charge on any atom is -0.389 e. The van der Waals surface area contributed by atoms with Crippen molar-refractivity contribution in [2.24, 2.45) is 0 Å². The third-order valence-electron chi connectivity index (χ3n) is 2.25. The lowest BCUT2D eigenvalue weighted by Crippen LogP contribution is -2.29. The molecule has 1 aromatic carbocycles. The van der Waals surface area contributed by atoms with Gasteiger partial charge in [-0.2, -0.15) is 0 Å². The maximum absolute atomic E-state index is 9.87. The Bertz CT molecular complexity index is 330. The largest absolute Gasteiger partial charge is 0.389 e. The van der Waals surface area contributed by atoms with Crippen LogP contribution in [0.5, 0.6) is 0 Å². The number of hydrogen-bond donors (Lipinski definition) is 3. The molecule has 3 nitrogen and oxygen atoms in total. The third-order valence-corrected chi connectivity index (χ3v) is 2.94. The van der Waals surface area contributed by atoms with E-state index in [0.29, 0.717) is 12.1 Å². The number of aliphatic hydroxyl groups excluding tert-OH is 2. The monoisotopic (exact) mass is 273 g/mol. The standard InChI is InChI=1S/C11H16BrNO2/c1-7-3-4-8(9(12)5-7)11(15)10(14)6-13-2/h3-5,10-11,13-15H,6H2,1-2H3. The van der Waals surface area contributed by atoms with E-state index in [1.165, 1.54) is 0 Å². The van der Waals surface area contributed by atoms with Gasteiger partial charge in [-0.3, -0.25) is 0 Å². The van der Waals surface area contributed by atoms with Crippen LogP contribution in [-0.4, -0.2) is 29.9 Å². The summed E-state index contributed by atoms with van der Waals surface area (Å²) in [7, 11) is 1.74. The van der Waals surface area contributed by atoms with Crippen molar-refractivity contribution in [3.8, 4) is 0 Å². The quantitative estimate of drug-likeness (QED) is 0.777. The number of rotatable bonds is 4. The lowest BCUT2D eigenvalue weighted by atomic mass is 10.0. The molecule has 0 aliphatic heterocycles. The first-order chi connectivity index (χ1) is 7.06. The predicted octanol–water partition coefficient (Wildman–Crippen LogP) is 1.37. The molecule has 0 saturated carbocycles. The molecule has 0 fully saturated rings. The van der Waals surface area contributed by atoms with Crippen LogP contribution in [-0.2, 0) is 0 Å². The smallest absolute Gasteiger partial charge is 0.107 e. The van der Waals surface area contributed by atoms with E-state index in [2.05, 4.69) is 21.2 Å². The first-order valence-corrected chi connectivity index (χ1v) is 5.62.